The highest BCUT2D eigenvalue weighted by molar-refractivity contribution is 7.89. The predicted octanol–water partition coefficient (Wildman–Crippen LogP) is -1.62. The Balaban J connectivity index is 4.26. The largest absolute Gasteiger partial charge is 0.369 e. The molecule has 0 saturated heterocycles. The number of rotatable bonds is 6. The van der Waals surface area contributed by atoms with Crippen LogP contribution < -0.4 is 16.2 Å². The number of amides is 1. The van der Waals surface area contributed by atoms with Gasteiger partial charge in [-0.25, -0.2) is 13.1 Å². The van der Waals surface area contributed by atoms with Crippen molar-refractivity contribution < 1.29 is 13.2 Å². The minimum absolute atomic E-state index is 0.00926. The molecule has 0 aliphatic rings. The number of hydrogen-bond donors (Lipinski definition) is 3. The summed E-state index contributed by atoms with van der Waals surface area (Å²) in [6.45, 7) is 3.18. The van der Waals surface area contributed by atoms with E-state index in [-0.39, 0.29) is 18.8 Å². The van der Waals surface area contributed by atoms with Gasteiger partial charge in [0.15, 0.2) is 0 Å². The SMILES string of the molecule is CC(C)(CNS(=O)(=O)CCN)C(N)=O. The van der Waals surface area contributed by atoms with Crippen LogP contribution in [0.1, 0.15) is 13.8 Å². The van der Waals surface area contributed by atoms with E-state index in [1.165, 1.54) is 0 Å². The summed E-state index contributed by atoms with van der Waals surface area (Å²) in [6, 6.07) is 0. The third-order valence-electron chi connectivity index (χ3n) is 1.79. The minimum atomic E-state index is -3.38. The zero-order valence-electron chi connectivity index (χ0n) is 8.41. The monoisotopic (exact) mass is 223 g/mol. The van der Waals surface area contributed by atoms with Crippen LogP contribution in [0.4, 0.5) is 0 Å². The number of hydrogen-bond acceptors (Lipinski definition) is 4. The van der Waals surface area contributed by atoms with E-state index in [9.17, 15) is 13.2 Å². The Labute approximate surface area is 84.1 Å². The van der Waals surface area contributed by atoms with Crippen LogP contribution >= 0.6 is 0 Å². The topological polar surface area (TPSA) is 115 Å². The third-order valence-corrected chi connectivity index (χ3v) is 3.14. The molecular formula is C7H17N3O3S. The van der Waals surface area contributed by atoms with Crippen molar-refractivity contribution in [2.45, 2.75) is 13.8 Å². The van der Waals surface area contributed by atoms with Crippen LogP contribution in [0.25, 0.3) is 0 Å². The van der Waals surface area contributed by atoms with Gasteiger partial charge in [-0.3, -0.25) is 4.79 Å². The highest BCUT2D eigenvalue weighted by Gasteiger charge is 2.26. The molecule has 14 heavy (non-hydrogen) atoms. The Morgan fingerprint density at radius 3 is 2.29 bits per heavy atom. The first-order chi connectivity index (χ1) is 6.21. The summed E-state index contributed by atoms with van der Waals surface area (Å²) < 4.78 is 24.6. The van der Waals surface area contributed by atoms with E-state index in [2.05, 4.69) is 4.72 Å². The number of primary amides is 1. The lowest BCUT2D eigenvalue weighted by Gasteiger charge is -2.20. The number of nitrogens with one attached hydrogen (secondary N) is 1. The zero-order valence-corrected chi connectivity index (χ0v) is 9.23. The maximum atomic E-state index is 11.2. The van der Waals surface area contributed by atoms with Crippen LogP contribution in [0.5, 0.6) is 0 Å². The maximum Gasteiger partial charge on any atom is 0.224 e. The molecule has 0 rings (SSSR count). The second kappa shape index (κ2) is 4.72. The molecule has 84 valence electrons. The lowest BCUT2D eigenvalue weighted by molar-refractivity contribution is -0.125. The molecule has 6 nitrogen and oxygen atoms in total. The summed E-state index contributed by atoms with van der Waals surface area (Å²) >= 11 is 0. The van der Waals surface area contributed by atoms with Gasteiger partial charge in [-0.1, -0.05) is 0 Å². The average molecular weight is 223 g/mol. The highest BCUT2D eigenvalue weighted by atomic mass is 32.2. The number of carbonyl (C=O) groups excluding carboxylic acids is 1. The summed E-state index contributed by atoms with van der Waals surface area (Å²) in [5, 5.41) is 0. The van der Waals surface area contributed by atoms with Crippen molar-refractivity contribution in [1.82, 2.24) is 4.72 Å². The first-order valence-electron chi connectivity index (χ1n) is 4.18. The molecule has 0 atom stereocenters. The van der Waals surface area contributed by atoms with Gasteiger partial charge in [0, 0.05) is 13.1 Å². The number of carbonyl (C=O) groups is 1. The summed E-state index contributed by atoms with van der Waals surface area (Å²) in [6.07, 6.45) is 0. The fraction of sp³-hybridized carbons (Fsp3) is 0.857. The summed E-state index contributed by atoms with van der Waals surface area (Å²) in [7, 11) is -3.38. The molecule has 0 saturated carbocycles. The summed E-state index contributed by atoms with van der Waals surface area (Å²) in [5.41, 5.74) is 9.29. The van der Waals surface area contributed by atoms with Crippen molar-refractivity contribution in [2.75, 3.05) is 18.8 Å². The van der Waals surface area contributed by atoms with Gasteiger partial charge < -0.3 is 11.5 Å². The van der Waals surface area contributed by atoms with Gasteiger partial charge in [0.2, 0.25) is 15.9 Å². The lowest BCUT2D eigenvalue weighted by atomic mass is 9.93. The van der Waals surface area contributed by atoms with Gasteiger partial charge >= 0.3 is 0 Å². The van der Waals surface area contributed by atoms with Crippen molar-refractivity contribution in [3.63, 3.8) is 0 Å². The van der Waals surface area contributed by atoms with Crippen LogP contribution in [-0.4, -0.2) is 33.2 Å². The van der Waals surface area contributed by atoms with E-state index in [1.807, 2.05) is 0 Å². The van der Waals surface area contributed by atoms with Gasteiger partial charge in [0.05, 0.1) is 11.2 Å². The van der Waals surface area contributed by atoms with Crippen molar-refractivity contribution in [2.24, 2.45) is 16.9 Å². The Hall–Kier alpha value is -0.660. The van der Waals surface area contributed by atoms with E-state index in [4.69, 9.17) is 11.5 Å². The van der Waals surface area contributed by atoms with Crippen LogP contribution in [0.15, 0.2) is 0 Å². The number of sulfonamides is 1. The van der Waals surface area contributed by atoms with Crippen LogP contribution in [0, 0.1) is 5.41 Å². The van der Waals surface area contributed by atoms with E-state index >= 15 is 0 Å². The Morgan fingerprint density at radius 2 is 1.93 bits per heavy atom. The molecule has 0 fully saturated rings. The Morgan fingerprint density at radius 1 is 1.43 bits per heavy atom. The maximum absolute atomic E-state index is 11.2. The predicted molar refractivity (Wildman–Crippen MR) is 53.8 cm³/mol. The molecule has 0 unspecified atom stereocenters. The molecule has 0 aliphatic carbocycles. The third kappa shape index (κ3) is 4.54. The summed E-state index contributed by atoms with van der Waals surface area (Å²) in [5.74, 6) is -0.699. The molecule has 0 radical (unpaired) electrons. The van der Waals surface area contributed by atoms with Gasteiger partial charge in [-0.2, -0.15) is 0 Å². The Bertz CT molecular complexity index is 297. The van der Waals surface area contributed by atoms with Crippen molar-refractivity contribution in [3.05, 3.63) is 0 Å². The second-order valence-electron chi connectivity index (χ2n) is 3.68. The van der Waals surface area contributed by atoms with Crippen LogP contribution in [0.2, 0.25) is 0 Å². The van der Waals surface area contributed by atoms with Crippen LogP contribution in [-0.2, 0) is 14.8 Å². The Kier molecular flexibility index (Phi) is 4.50. The molecule has 0 aliphatic heterocycles. The van der Waals surface area contributed by atoms with Crippen LogP contribution in [0.3, 0.4) is 0 Å². The van der Waals surface area contributed by atoms with Crippen molar-refractivity contribution in [3.8, 4) is 0 Å². The lowest BCUT2D eigenvalue weighted by Crippen LogP contribution is -2.43. The molecule has 0 aromatic heterocycles. The first-order valence-corrected chi connectivity index (χ1v) is 5.84. The molecule has 0 aromatic carbocycles. The average Bonchev–Trinajstić information content (AvgIpc) is 2.01. The molecule has 5 N–H and O–H groups in total. The first kappa shape index (κ1) is 13.3. The molecule has 7 heteroatoms. The molecular weight excluding hydrogens is 206 g/mol. The van der Waals surface area contributed by atoms with Gasteiger partial charge in [-0.15, -0.1) is 0 Å². The number of nitrogens with two attached hydrogens (primary N) is 2. The molecule has 0 spiro atoms. The van der Waals surface area contributed by atoms with Crippen molar-refractivity contribution in [1.29, 1.82) is 0 Å². The second-order valence-corrected chi connectivity index (χ2v) is 5.60. The van der Waals surface area contributed by atoms with Gasteiger partial charge in [0.25, 0.3) is 0 Å². The molecule has 0 aromatic rings. The standard InChI is InChI=1S/C7H17N3O3S/c1-7(2,6(9)11)5-10-14(12,13)4-3-8/h10H,3-5,8H2,1-2H3,(H2,9,11). The molecule has 1 amide bonds. The minimum Gasteiger partial charge on any atom is -0.369 e. The van der Waals surface area contributed by atoms with E-state index in [0.29, 0.717) is 0 Å². The zero-order chi connectivity index (χ0) is 11.4. The summed E-state index contributed by atoms with van der Waals surface area (Å²) in [4.78, 5) is 10.9. The molecule has 0 heterocycles. The normalized spacial score (nSPS) is 12.8. The fourth-order valence-electron chi connectivity index (χ4n) is 0.605. The smallest absolute Gasteiger partial charge is 0.224 e. The quantitative estimate of drug-likeness (QED) is 0.501. The van der Waals surface area contributed by atoms with E-state index in [1.54, 1.807) is 13.8 Å². The van der Waals surface area contributed by atoms with Gasteiger partial charge in [0.1, 0.15) is 0 Å². The van der Waals surface area contributed by atoms with E-state index in [0.717, 1.165) is 0 Å². The highest BCUT2D eigenvalue weighted by Crippen LogP contribution is 2.12. The van der Waals surface area contributed by atoms with Gasteiger partial charge in [-0.05, 0) is 13.8 Å². The molecule has 0 bridgehead atoms. The fourth-order valence-corrected chi connectivity index (χ4v) is 1.64. The van der Waals surface area contributed by atoms with E-state index < -0.39 is 21.3 Å². The van der Waals surface area contributed by atoms with Crippen molar-refractivity contribution >= 4 is 15.9 Å².